The van der Waals surface area contributed by atoms with Gasteiger partial charge in [-0.15, -0.1) is 0 Å². The number of piperazine rings is 1. The number of hydrogen-bond donors (Lipinski definition) is 0. The second-order valence-corrected chi connectivity index (χ2v) is 9.04. The van der Waals surface area contributed by atoms with Gasteiger partial charge in [0.1, 0.15) is 0 Å². The maximum atomic E-state index is 12.8. The van der Waals surface area contributed by atoms with E-state index in [4.69, 9.17) is 0 Å². The number of benzene rings is 1. The van der Waals surface area contributed by atoms with E-state index in [1.807, 2.05) is 18.7 Å². The van der Waals surface area contributed by atoms with Gasteiger partial charge in [-0.05, 0) is 24.1 Å². The molecule has 0 N–H and O–H groups in total. The quantitative estimate of drug-likeness (QED) is 0.726. The Morgan fingerprint density at radius 3 is 2.27 bits per heavy atom. The van der Waals surface area contributed by atoms with Gasteiger partial charge in [-0.3, -0.25) is 9.69 Å². The van der Waals surface area contributed by atoms with Gasteiger partial charge < -0.3 is 4.90 Å². The lowest BCUT2D eigenvalue weighted by molar-refractivity contribution is 0.0623. The van der Waals surface area contributed by atoms with Crippen molar-refractivity contribution in [3.63, 3.8) is 0 Å². The third-order valence-electron chi connectivity index (χ3n) is 4.71. The average Bonchev–Trinajstić information content (AvgIpc) is 2.62. The summed E-state index contributed by atoms with van der Waals surface area (Å²) in [5, 5.41) is 0. The zero-order chi connectivity index (χ0) is 19.3. The number of nitrogens with zero attached hydrogens (tertiary/aromatic N) is 3. The van der Waals surface area contributed by atoms with Crippen LogP contribution in [-0.2, 0) is 10.0 Å². The molecule has 2 rings (SSSR count). The molecule has 0 atom stereocenters. The Labute approximate surface area is 157 Å². The summed E-state index contributed by atoms with van der Waals surface area (Å²) in [6, 6.07) is 6.42. The molecule has 146 valence electrons. The summed E-state index contributed by atoms with van der Waals surface area (Å²) in [5.41, 5.74) is 0.440. The number of amides is 1. The maximum absolute atomic E-state index is 12.8. The highest BCUT2D eigenvalue weighted by atomic mass is 32.2. The van der Waals surface area contributed by atoms with Crippen LogP contribution in [-0.4, -0.2) is 74.2 Å². The van der Waals surface area contributed by atoms with Crippen molar-refractivity contribution in [2.75, 3.05) is 45.8 Å². The lowest BCUT2D eigenvalue weighted by Gasteiger charge is -2.35. The Bertz CT molecular complexity index is 706. The molecule has 1 aliphatic rings. The van der Waals surface area contributed by atoms with Crippen LogP contribution in [0.2, 0.25) is 0 Å². The van der Waals surface area contributed by atoms with E-state index in [1.54, 1.807) is 18.2 Å². The highest BCUT2D eigenvalue weighted by Crippen LogP contribution is 2.18. The van der Waals surface area contributed by atoms with E-state index in [0.717, 1.165) is 19.6 Å². The van der Waals surface area contributed by atoms with Crippen molar-refractivity contribution in [1.82, 2.24) is 14.1 Å². The van der Waals surface area contributed by atoms with Gasteiger partial charge in [0.2, 0.25) is 10.0 Å². The fourth-order valence-electron chi connectivity index (χ4n) is 3.33. The summed E-state index contributed by atoms with van der Waals surface area (Å²) in [6.45, 7) is 13.0. The van der Waals surface area contributed by atoms with Crippen LogP contribution in [0.25, 0.3) is 0 Å². The monoisotopic (exact) mass is 381 g/mol. The second-order valence-electron chi connectivity index (χ2n) is 7.10. The summed E-state index contributed by atoms with van der Waals surface area (Å²) in [6.07, 6.45) is 0. The number of carbonyl (C=O) groups is 1. The lowest BCUT2D eigenvalue weighted by Crippen LogP contribution is -2.49. The SMILES string of the molecule is CCN(CC)S(=O)(=O)c1cccc(C(=O)N2CCN(CC(C)C)CC2)c1. The molecule has 1 amide bonds. The zero-order valence-electron chi connectivity index (χ0n) is 16.3. The van der Waals surface area contributed by atoms with Crippen LogP contribution < -0.4 is 0 Å². The Kier molecular flexibility index (Phi) is 7.20. The summed E-state index contributed by atoms with van der Waals surface area (Å²) in [5.74, 6) is 0.519. The van der Waals surface area contributed by atoms with E-state index >= 15 is 0 Å². The topological polar surface area (TPSA) is 60.9 Å². The molecule has 1 fully saturated rings. The maximum Gasteiger partial charge on any atom is 0.253 e. The van der Waals surface area contributed by atoms with Gasteiger partial charge in [-0.25, -0.2) is 8.42 Å². The molecule has 26 heavy (non-hydrogen) atoms. The van der Waals surface area contributed by atoms with Crippen molar-refractivity contribution in [2.24, 2.45) is 5.92 Å². The first kappa shape index (κ1) is 20.9. The van der Waals surface area contributed by atoms with E-state index in [9.17, 15) is 13.2 Å². The summed E-state index contributed by atoms with van der Waals surface area (Å²) in [4.78, 5) is 17.2. The van der Waals surface area contributed by atoms with Crippen LogP contribution in [0.3, 0.4) is 0 Å². The summed E-state index contributed by atoms with van der Waals surface area (Å²) in [7, 11) is -3.56. The number of carbonyl (C=O) groups excluding carboxylic acids is 1. The summed E-state index contributed by atoms with van der Waals surface area (Å²) < 4.78 is 26.8. The van der Waals surface area contributed by atoms with Crippen LogP contribution in [0.4, 0.5) is 0 Å². The molecule has 1 aromatic rings. The van der Waals surface area contributed by atoms with E-state index in [-0.39, 0.29) is 10.8 Å². The molecule has 1 aromatic carbocycles. The van der Waals surface area contributed by atoms with Gasteiger partial charge in [-0.1, -0.05) is 33.8 Å². The van der Waals surface area contributed by atoms with Crippen LogP contribution in [0.5, 0.6) is 0 Å². The fraction of sp³-hybridized carbons (Fsp3) is 0.632. The smallest absolute Gasteiger partial charge is 0.253 e. The molecule has 0 bridgehead atoms. The van der Waals surface area contributed by atoms with Gasteiger partial charge >= 0.3 is 0 Å². The van der Waals surface area contributed by atoms with Gasteiger partial charge in [0.25, 0.3) is 5.91 Å². The van der Waals surface area contributed by atoms with E-state index in [1.165, 1.54) is 10.4 Å². The highest BCUT2D eigenvalue weighted by Gasteiger charge is 2.25. The molecule has 6 nitrogen and oxygen atoms in total. The molecule has 0 aliphatic carbocycles. The average molecular weight is 382 g/mol. The minimum atomic E-state index is -3.56. The molecule has 1 aliphatic heterocycles. The van der Waals surface area contributed by atoms with Crippen LogP contribution in [0, 0.1) is 5.92 Å². The first-order valence-corrected chi connectivity index (χ1v) is 10.8. The van der Waals surface area contributed by atoms with Crippen LogP contribution in [0.1, 0.15) is 38.1 Å². The van der Waals surface area contributed by atoms with Crippen LogP contribution >= 0.6 is 0 Å². The van der Waals surface area contributed by atoms with Crippen molar-refractivity contribution >= 4 is 15.9 Å². The minimum absolute atomic E-state index is 0.0919. The number of sulfonamides is 1. The predicted molar refractivity (Wildman–Crippen MR) is 104 cm³/mol. The van der Waals surface area contributed by atoms with E-state index < -0.39 is 10.0 Å². The van der Waals surface area contributed by atoms with Crippen molar-refractivity contribution < 1.29 is 13.2 Å². The van der Waals surface area contributed by atoms with Crippen LogP contribution in [0.15, 0.2) is 29.2 Å². The third-order valence-corrected chi connectivity index (χ3v) is 6.75. The van der Waals surface area contributed by atoms with Gasteiger partial charge in [0.15, 0.2) is 0 Å². The Balaban J connectivity index is 2.12. The Morgan fingerprint density at radius 1 is 1.12 bits per heavy atom. The van der Waals surface area contributed by atoms with E-state index in [0.29, 0.717) is 37.7 Å². The second kappa shape index (κ2) is 8.97. The molecule has 0 saturated carbocycles. The lowest BCUT2D eigenvalue weighted by atomic mass is 10.1. The first-order valence-electron chi connectivity index (χ1n) is 9.41. The van der Waals surface area contributed by atoms with E-state index in [2.05, 4.69) is 18.7 Å². The third kappa shape index (κ3) is 4.84. The highest BCUT2D eigenvalue weighted by molar-refractivity contribution is 7.89. The molecule has 0 aromatic heterocycles. The van der Waals surface area contributed by atoms with Gasteiger partial charge in [-0.2, -0.15) is 4.31 Å². The predicted octanol–water partition coefficient (Wildman–Crippen LogP) is 2.13. The van der Waals surface area contributed by atoms with Crippen molar-refractivity contribution in [3.8, 4) is 0 Å². The number of rotatable bonds is 7. The molecule has 0 unspecified atom stereocenters. The molecular weight excluding hydrogens is 350 g/mol. The Hall–Kier alpha value is -1.44. The summed E-state index contributed by atoms with van der Waals surface area (Å²) >= 11 is 0. The number of hydrogen-bond acceptors (Lipinski definition) is 4. The largest absolute Gasteiger partial charge is 0.336 e. The van der Waals surface area contributed by atoms with Crippen molar-refractivity contribution in [2.45, 2.75) is 32.6 Å². The molecule has 1 heterocycles. The van der Waals surface area contributed by atoms with Gasteiger partial charge in [0, 0.05) is 51.4 Å². The normalized spacial score (nSPS) is 16.5. The molecule has 0 spiro atoms. The Morgan fingerprint density at radius 2 is 1.73 bits per heavy atom. The molecule has 0 radical (unpaired) electrons. The minimum Gasteiger partial charge on any atom is -0.336 e. The molecule has 1 saturated heterocycles. The van der Waals surface area contributed by atoms with Crippen molar-refractivity contribution in [3.05, 3.63) is 29.8 Å². The van der Waals surface area contributed by atoms with Crippen molar-refractivity contribution in [1.29, 1.82) is 0 Å². The standard InChI is InChI=1S/C19H31N3O3S/c1-5-22(6-2)26(24,25)18-9-7-8-17(14-18)19(23)21-12-10-20(11-13-21)15-16(3)4/h7-9,14,16H,5-6,10-13,15H2,1-4H3. The zero-order valence-corrected chi connectivity index (χ0v) is 17.1. The van der Waals surface area contributed by atoms with Gasteiger partial charge in [0.05, 0.1) is 4.90 Å². The fourth-order valence-corrected chi connectivity index (χ4v) is 4.84. The molecular formula is C19H31N3O3S. The first-order chi connectivity index (χ1) is 12.3. The molecule has 7 heteroatoms.